The van der Waals surface area contributed by atoms with E-state index in [2.05, 4.69) is 57.8 Å². The summed E-state index contributed by atoms with van der Waals surface area (Å²) in [5.41, 5.74) is 3.78. The zero-order valence-corrected chi connectivity index (χ0v) is 19.5. The molecule has 2 N–H and O–H groups in total. The van der Waals surface area contributed by atoms with E-state index in [0.29, 0.717) is 18.3 Å². The highest BCUT2D eigenvalue weighted by atomic mass is 127. The predicted octanol–water partition coefficient (Wildman–Crippen LogP) is 3.90. The van der Waals surface area contributed by atoms with Gasteiger partial charge in [0.15, 0.2) is 11.8 Å². The van der Waals surface area contributed by atoms with Crippen molar-refractivity contribution in [1.82, 2.24) is 20.8 Å². The fourth-order valence-electron chi connectivity index (χ4n) is 2.65. The maximum atomic E-state index is 5.31. The third-order valence-electron chi connectivity index (χ3n) is 3.82. The minimum atomic E-state index is -0.149. The Balaban J connectivity index is 0.00000364. The summed E-state index contributed by atoms with van der Waals surface area (Å²) in [7, 11) is 0. The second-order valence-electron chi connectivity index (χ2n) is 7.63. The van der Waals surface area contributed by atoms with Crippen LogP contribution in [-0.2, 0) is 18.4 Å². The zero-order chi connectivity index (χ0) is 19.2. The minimum absolute atomic E-state index is 0. The quantitative estimate of drug-likeness (QED) is 0.369. The summed E-state index contributed by atoms with van der Waals surface area (Å²) in [6, 6.07) is 6.65. The van der Waals surface area contributed by atoms with Crippen LogP contribution < -0.4 is 10.6 Å². The molecule has 2 aromatic rings. The van der Waals surface area contributed by atoms with E-state index in [-0.39, 0.29) is 29.4 Å². The lowest BCUT2D eigenvalue weighted by Crippen LogP contribution is -2.38. The summed E-state index contributed by atoms with van der Waals surface area (Å²) >= 11 is 0. The highest BCUT2D eigenvalue weighted by molar-refractivity contribution is 14.0. The number of hydrogen-bond acceptors (Lipinski definition) is 4. The topological polar surface area (TPSA) is 75.3 Å². The van der Waals surface area contributed by atoms with E-state index in [0.717, 1.165) is 25.5 Å². The third-order valence-corrected chi connectivity index (χ3v) is 3.82. The van der Waals surface area contributed by atoms with Gasteiger partial charge in [-0.05, 0) is 32.8 Å². The number of aliphatic imine (C=N–C) groups is 1. The first kappa shape index (κ1) is 23.4. The van der Waals surface area contributed by atoms with Crippen molar-refractivity contribution in [1.29, 1.82) is 0 Å². The van der Waals surface area contributed by atoms with E-state index in [1.165, 1.54) is 16.7 Å². The van der Waals surface area contributed by atoms with E-state index in [9.17, 15) is 0 Å². The lowest BCUT2D eigenvalue weighted by Gasteiger charge is -2.11. The van der Waals surface area contributed by atoms with Crippen molar-refractivity contribution in [2.45, 2.75) is 59.9 Å². The summed E-state index contributed by atoms with van der Waals surface area (Å²) in [5.74, 6) is 2.00. The number of halogens is 1. The van der Waals surface area contributed by atoms with Gasteiger partial charge in [0.25, 0.3) is 0 Å². The molecule has 1 aromatic carbocycles. The second kappa shape index (κ2) is 10.6. The standard InChI is InChI=1S/C20H31N5O.HI/c1-7-21-19(22-9-8-16-11-14(2)10-15(3)12-16)23-13-17-24-18(26-25-17)20(4,5)6;/h10-12H,7-9,13H2,1-6H3,(H2,21,22,23);1H. The molecule has 0 saturated carbocycles. The first-order chi connectivity index (χ1) is 12.3. The van der Waals surface area contributed by atoms with E-state index in [1.807, 2.05) is 27.7 Å². The predicted molar refractivity (Wildman–Crippen MR) is 121 cm³/mol. The largest absolute Gasteiger partial charge is 0.357 e. The molecule has 27 heavy (non-hydrogen) atoms. The molecule has 0 spiro atoms. The van der Waals surface area contributed by atoms with Crippen molar-refractivity contribution < 1.29 is 4.52 Å². The average molecular weight is 485 g/mol. The van der Waals surface area contributed by atoms with Crippen molar-refractivity contribution in [3.8, 4) is 0 Å². The molecule has 0 saturated heterocycles. The smallest absolute Gasteiger partial charge is 0.232 e. The van der Waals surface area contributed by atoms with Gasteiger partial charge in [-0.2, -0.15) is 4.98 Å². The molecule has 1 aromatic heterocycles. The van der Waals surface area contributed by atoms with Gasteiger partial charge in [-0.1, -0.05) is 55.3 Å². The van der Waals surface area contributed by atoms with Crippen molar-refractivity contribution in [2.24, 2.45) is 4.99 Å². The number of benzene rings is 1. The Morgan fingerprint density at radius 3 is 2.33 bits per heavy atom. The fraction of sp³-hybridized carbons (Fsp3) is 0.550. The van der Waals surface area contributed by atoms with Crippen LogP contribution in [0, 0.1) is 13.8 Å². The van der Waals surface area contributed by atoms with E-state index >= 15 is 0 Å². The molecular formula is C20H32IN5O. The Morgan fingerprint density at radius 2 is 1.78 bits per heavy atom. The lowest BCUT2D eigenvalue weighted by atomic mass is 9.97. The van der Waals surface area contributed by atoms with Crippen LogP contribution in [0.2, 0.25) is 0 Å². The normalized spacial score (nSPS) is 11.9. The average Bonchev–Trinajstić information content (AvgIpc) is 3.01. The molecule has 0 amide bonds. The van der Waals surface area contributed by atoms with E-state index < -0.39 is 0 Å². The molecule has 0 aliphatic carbocycles. The molecule has 0 fully saturated rings. The Kier molecular flexibility index (Phi) is 9.21. The van der Waals surface area contributed by atoms with Gasteiger partial charge in [0, 0.05) is 18.5 Å². The zero-order valence-electron chi connectivity index (χ0n) is 17.2. The van der Waals surface area contributed by atoms with Crippen LogP contribution in [-0.4, -0.2) is 29.2 Å². The molecule has 7 heteroatoms. The molecule has 2 rings (SSSR count). The molecule has 0 unspecified atom stereocenters. The molecule has 150 valence electrons. The monoisotopic (exact) mass is 485 g/mol. The van der Waals surface area contributed by atoms with E-state index in [4.69, 9.17) is 4.52 Å². The maximum absolute atomic E-state index is 5.31. The molecule has 0 bridgehead atoms. The lowest BCUT2D eigenvalue weighted by molar-refractivity contribution is 0.318. The minimum Gasteiger partial charge on any atom is -0.357 e. The fourth-order valence-corrected chi connectivity index (χ4v) is 2.65. The number of nitrogens with one attached hydrogen (secondary N) is 2. The second-order valence-corrected chi connectivity index (χ2v) is 7.63. The SMILES string of the molecule is CCNC(=NCc1noc(C(C)(C)C)n1)NCCc1cc(C)cc(C)c1.I. The van der Waals surface area contributed by atoms with Crippen molar-refractivity contribution in [3.63, 3.8) is 0 Å². The van der Waals surface area contributed by atoms with Gasteiger partial charge in [0.2, 0.25) is 5.89 Å². The summed E-state index contributed by atoms with van der Waals surface area (Å²) in [5, 5.41) is 10.6. The van der Waals surface area contributed by atoms with Crippen LogP contribution in [0.3, 0.4) is 0 Å². The maximum Gasteiger partial charge on any atom is 0.232 e. The summed E-state index contributed by atoms with van der Waals surface area (Å²) in [6.45, 7) is 14.5. The Labute approximate surface area is 179 Å². The van der Waals surface area contributed by atoms with Crippen LogP contribution in [0.15, 0.2) is 27.7 Å². The molecule has 0 atom stereocenters. The number of aryl methyl sites for hydroxylation is 2. The van der Waals surface area contributed by atoms with Gasteiger partial charge in [-0.15, -0.1) is 24.0 Å². The van der Waals surface area contributed by atoms with Gasteiger partial charge in [-0.3, -0.25) is 0 Å². The molecule has 6 nitrogen and oxygen atoms in total. The van der Waals surface area contributed by atoms with Crippen LogP contribution in [0.1, 0.15) is 56.1 Å². The van der Waals surface area contributed by atoms with Gasteiger partial charge in [-0.25, -0.2) is 4.99 Å². The Morgan fingerprint density at radius 1 is 1.11 bits per heavy atom. The van der Waals surface area contributed by atoms with Gasteiger partial charge >= 0.3 is 0 Å². The number of hydrogen-bond donors (Lipinski definition) is 2. The molecule has 0 aliphatic rings. The van der Waals surface area contributed by atoms with Crippen molar-refractivity contribution in [2.75, 3.05) is 13.1 Å². The summed E-state index contributed by atoms with van der Waals surface area (Å²) < 4.78 is 5.31. The van der Waals surface area contributed by atoms with Crippen LogP contribution in [0.25, 0.3) is 0 Å². The number of aromatic nitrogens is 2. The van der Waals surface area contributed by atoms with Gasteiger partial charge in [0.1, 0.15) is 6.54 Å². The van der Waals surface area contributed by atoms with Crippen molar-refractivity contribution in [3.05, 3.63) is 46.6 Å². The molecule has 1 heterocycles. The van der Waals surface area contributed by atoms with Crippen LogP contribution >= 0.6 is 24.0 Å². The first-order valence-corrected chi connectivity index (χ1v) is 9.20. The molecule has 0 aliphatic heterocycles. The Hall–Kier alpha value is -1.64. The van der Waals surface area contributed by atoms with Gasteiger partial charge < -0.3 is 15.2 Å². The third kappa shape index (κ3) is 7.86. The molecule has 0 radical (unpaired) electrons. The first-order valence-electron chi connectivity index (χ1n) is 9.20. The number of nitrogens with zero attached hydrogens (tertiary/aromatic N) is 3. The van der Waals surface area contributed by atoms with E-state index in [1.54, 1.807) is 0 Å². The summed E-state index contributed by atoms with van der Waals surface area (Å²) in [6.07, 6.45) is 0.948. The highest BCUT2D eigenvalue weighted by Gasteiger charge is 2.21. The number of guanidine groups is 1. The van der Waals surface area contributed by atoms with Gasteiger partial charge in [0.05, 0.1) is 0 Å². The van der Waals surface area contributed by atoms with Crippen LogP contribution in [0.4, 0.5) is 0 Å². The highest BCUT2D eigenvalue weighted by Crippen LogP contribution is 2.19. The Bertz CT molecular complexity index is 729. The molecular weight excluding hydrogens is 453 g/mol. The van der Waals surface area contributed by atoms with Crippen molar-refractivity contribution >= 4 is 29.9 Å². The number of rotatable bonds is 6. The van der Waals surface area contributed by atoms with Crippen LogP contribution in [0.5, 0.6) is 0 Å². The summed E-state index contributed by atoms with van der Waals surface area (Å²) in [4.78, 5) is 8.98.